The minimum Gasteiger partial charge on any atom is -0.504 e. The first kappa shape index (κ1) is 35.7. The molecule has 2 bridgehead atoms. The van der Waals surface area contributed by atoms with Crippen LogP contribution in [0, 0.1) is 23.7 Å². The molecule has 0 radical (unpaired) electrons. The van der Waals surface area contributed by atoms with Crippen molar-refractivity contribution in [3.8, 4) is 23.3 Å². The monoisotopic (exact) mass is 645 g/mol. The molecule has 3 heterocycles. The van der Waals surface area contributed by atoms with Crippen molar-refractivity contribution in [2.24, 2.45) is 11.8 Å². The van der Waals surface area contributed by atoms with Crippen LogP contribution in [0.2, 0.25) is 0 Å². The first-order valence-corrected chi connectivity index (χ1v) is 16.9. The second-order valence-electron chi connectivity index (χ2n) is 12.6. The Bertz CT molecular complexity index is 1470. The number of esters is 1. The number of ether oxygens (including phenoxy) is 3. The van der Waals surface area contributed by atoms with Gasteiger partial charge in [0, 0.05) is 52.4 Å². The fourth-order valence-corrected chi connectivity index (χ4v) is 6.55. The van der Waals surface area contributed by atoms with Crippen LogP contribution in [0.3, 0.4) is 0 Å². The SMILES string of the molecule is CC[C@@H]1CC[C@@H](OC(C)=O)CC(=O)C[C@@H](c2ccc(O)c(OC)c2)C#CCNC2=CC(=CCN2)[C@H](CCCOC)Cc2c[nH]cc2C1. The third-order valence-corrected chi connectivity index (χ3v) is 9.16. The summed E-state index contributed by atoms with van der Waals surface area (Å²) in [5.74, 6) is 7.67. The summed E-state index contributed by atoms with van der Waals surface area (Å²) in [5, 5.41) is 17.0. The zero-order chi connectivity index (χ0) is 33.6. The highest BCUT2D eigenvalue weighted by Crippen LogP contribution is 2.32. The van der Waals surface area contributed by atoms with Crippen LogP contribution >= 0.6 is 0 Å². The van der Waals surface area contributed by atoms with Gasteiger partial charge in [0.2, 0.25) is 0 Å². The maximum absolute atomic E-state index is 13.5. The highest BCUT2D eigenvalue weighted by atomic mass is 16.5. The number of rotatable bonds is 8. The second-order valence-corrected chi connectivity index (χ2v) is 12.6. The van der Waals surface area contributed by atoms with Crippen molar-refractivity contribution in [1.29, 1.82) is 0 Å². The van der Waals surface area contributed by atoms with E-state index in [1.54, 1.807) is 25.3 Å². The van der Waals surface area contributed by atoms with Crippen molar-refractivity contribution >= 4 is 11.8 Å². The summed E-state index contributed by atoms with van der Waals surface area (Å²) in [6.07, 6.45) is 14.8. The van der Waals surface area contributed by atoms with Crippen molar-refractivity contribution in [1.82, 2.24) is 15.6 Å². The molecule has 1 aromatic heterocycles. The Kier molecular flexibility index (Phi) is 13.9. The Morgan fingerprint density at radius 1 is 1.06 bits per heavy atom. The van der Waals surface area contributed by atoms with Gasteiger partial charge in [0.15, 0.2) is 11.5 Å². The van der Waals surface area contributed by atoms with E-state index < -0.39 is 12.0 Å². The van der Waals surface area contributed by atoms with E-state index in [9.17, 15) is 14.7 Å². The third-order valence-electron chi connectivity index (χ3n) is 9.16. The lowest BCUT2D eigenvalue weighted by molar-refractivity contribution is -0.148. The Labute approximate surface area is 279 Å². The van der Waals surface area contributed by atoms with E-state index in [-0.39, 0.29) is 30.3 Å². The number of phenolic OH excluding ortho intramolecular Hbond substituents is 1. The highest BCUT2D eigenvalue weighted by Gasteiger charge is 2.24. The molecule has 0 aliphatic carbocycles. The Morgan fingerprint density at radius 3 is 2.62 bits per heavy atom. The number of dihydropyridines is 1. The van der Waals surface area contributed by atoms with Crippen LogP contribution in [0.25, 0.3) is 0 Å². The predicted molar refractivity (Wildman–Crippen MR) is 183 cm³/mol. The van der Waals surface area contributed by atoms with Gasteiger partial charge in [-0.15, -0.1) is 0 Å². The zero-order valence-corrected chi connectivity index (χ0v) is 28.3. The number of hydrogen-bond donors (Lipinski definition) is 4. The van der Waals surface area contributed by atoms with Crippen LogP contribution in [0.1, 0.15) is 81.4 Å². The molecule has 9 heteroatoms. The Morgan fingerprint density at radius 2 is 1.87 bits per heavy atom. The summed E-state index contributed by atoms with van der Waals surface area (Å²) < 4.78 is 16.4. The van der Waals surface area contributed by atoms with Gasteiger partial charge in [-0.1, -0.05) is 37.3 Å². The van der Waals surface area contributed by atoms with E-state index in [4.69, 9.17) is 14.2 Å². The molecule has 0 saturated carbocycles. The highest BCUT2D eigenvalue weighted by molar-refractivity contribution is 5.80. The molecule has 2 aliphatic heterocycles. The minimum atomic E-state index is -0.496. The molecule has 2 aromatic rings. The van der Waals surface area contributed by atoms with Gasteiger partial charge >= 0.3 is 5.97 Å². The fourth-order valence-electron chi connectivity index (χ4n) is 6.55. The van der Waals surface area contributed by atoms with Gasteiger partial charge in [-0.25, -0.2) is 0 Å². The quantitative estimate of drug-likeness (QED) is 0.164. The maximum atomic E-state index is 13.5. The number of phenols is 1. The van der Waals surface area contributed by atoms with Gasteiger partial charge < -0.3 is 34.9 Å². The van der Waals surface area contributed by atoms with E-state index in [0.29, 0.717) is 30.6 Å². The summed E-state index contributed by atoms with van der Waals surface area (Å²) in [6.45, 7) is 5.44. The van der Waals surface area contributed by atoms with Crippen LogP contribution in [-0.4, -0.2) is 61.9 Å². The number of aromatic nitrogens is 1. The number of ketones is 1. The van der Waals surface area contributed by atoms with Gasteiger partial charge in [-0.2, -0.15) is 0 Å². The largest absolute Gasteiger partial charge is 0.504 e. The number of hydrogen-bond acceptors (Lipinski definition) is 8. The molecular weight excluding hydrogens is 594 g/mol. The second kappa shape index (κ2) is 18.2. The van der Waals surface area contributed by atoms with Crippen molar-refractivity contribution in [2.45, 2.75) is 83.7 Å². The lowest BCUT2D eigenvalue weighted by Gasteiger charge is -2.25. The lowest BCUT2D eigenvalue weighted by atomic mass is 9.84. The van der Waals surface area contributed by atoms with Crippen molar-refractivity contribution in [3.05, 3.63) is 70.8 Å². The summed E-state index contributed by atoms with van der Waals surface area (Å²) in [6, 6.07) is 5.06. The van der Waals surface area contributed by atoms with Crippen LogP contribution in [-0.2, 0) is 31.9 Å². The standard InChI is InChI=1S/C38H51N3O6/c1-5-27-10-12-35(47-26(2)42)23-34(43)20-29(30-11-13-36(44)37(21-30)46-4)8-6-15-40-38-22-31(14-16-41-38)28(9-7-17-45-3)19-33-25-39-24-32(33)18-27/h11,13-14,21-22,24-25,27-29,35,39-41,44H,5,7,9-10,12,15-20,23H2,1-4H3/t27-,28-,29+,35-/m1/s1. The zero-order valence-electron chi connectivity index (χ0n) is 28.3. The topological polar surface area (TPSA) is 122 Å². The molecule has 1 aromatic carbocycles. The van der Waals surface area contributed by atoms with Gasteiger partial charge in [0.25, 0.3) is 0 Å². The van der Waals surface area contributed by atoms with E-state index >= 15 is 0 Å². The Balaban J connectivity index is 1.66. The lowest BCUT2D eigenvalue weighted by Crippen LogP contribution is -2.30. The van der Waals surface area contributed by atoms with Gasteiger partial charge in [0.05, 0.1) is 25.4 Å². The van der Waals surface area contributed by atoms with Gasteiger partial charge in [-0.05, 0) is 90.8 Å². The third kappa shape index (κ3) is 11.0. The number of fused-ring (bicyclic) bond motifs is 2. The molecule has 2 aliphatic rings. The number of carbonyl (C=O) groups is 2. The predicted octanol–water partition coefficient (Wildman–Crippen LogP) is 5.71. The molecule has 4 N–H and O–H groups in total. The fraction of sp³-hybridized carbons (Fsp3) is 0.526. The molecule has 0 amide bonds. The van der Waals surface area contributed by atoms with Gasteiger partial charge in [-0.3, -0.25) is 9.59 Å². The average molecular weight is 646 g/mol. The van der Waals surface area contributed by atoms with Crippen molar-refractivity contribution in [3.63, 3.8) is 0 Å². The molecule has 254 valence electrons. The van der Waals surface area contributed by atoms with Gasteiger partial charge in [0.1, 0.15) is 11.9 Å². The molecule has 47 heavy (non-hydrogen) atoms. The van der Waals surface area contributed by atoms with E-state index in [1.165, 1.54) is 30.7 Å². The van der Waals surface area contributed by atoms with E-state index in [1.807, 2.05) is 0 Å². The molecule has 0 unspecified atom stereocenters. The van der Waals surface area contributed by atoms with Crippen LogP contribution in [0.4, 0.5) is 0 Å². The van der Waals surface area contributed by atoms with Crippen LogP contribution in [0.5, 0.6) is 11.5 Å². The molecule has 4 rings (SSSR count). The number of nitrogens with one attached hydrogen (secondary N) is 3. The average Bonchev–Trinajstić information content (AvgIpc) is 3.49. The first-order chi connectivity index (χ1) is 22.8. The number of aromatic hydroxyl groups is 1. The minimum absolute atomic E-state index is 0.0240. The molecule has 0 spiro atoms. The van der Waals surface area contributed by atoms with Crippen molar-refractivity contribution < 1.29 is 28.9 Å². The summed E-state index contributed by atoms with van der Waals surface area (Å²) in [5.41, 5.74) is 4.73. The number of allylic oxidation sites excluding steroid dienone is 2. The summed E-state index contributed by atoms with van der Waals surface area (Å²) in [7, 11) is 3.24. The van der Waals surface area contributed by atoms with Crippen molar-refractivity contribution in [2.75, 3.05) is 33.9 Å². The first-order valence-electron chi connectivity index (χ1n) is 16.9. The number of carbonyl (C=O) groups excluding carboxylic acids is 2. The normalized spacial score (nSPS) is 22.6. The molecular formula is C38H51N3O6. The maximum Gasteiger partial charge on any atom is 0.302 e. The number of benzene rings is 1. The van der Waals surface area contributed by atoms with E-state index in [2.05, 4.69) is 58.9 Å². The Hall–Kier alpha value is -4.16. The number of Topliss-reactive ketones (excluding diaryl/α,β-unsaturated/α-hetero) is 1. The molecule has 0 saturated heterocycles. The molecule has 4 atom stereocenters. The number of H-pyrrole nitrogens is 1. The van der Waals surface area contributed by atoms with Crippen LogP contribution in [0.15, 0.2) is 54.1 Å². The van der Waals surface area contributed by atoms with E-state index in [0.717, 1.165) is 63.1 Å². The molecule has 0 fully saturated rings. The van der Waals surface area contributed by atoms with Crippen LogP contribution < -0.4 is 15.4 Å². The molecule has 9 nitrogen and oxygen atoms in total. The summed E-state index contributed by atoms with van der Waals surface area (Å²) >= 11 is 0. The summed E-state index contributed by atoms with van der Waals surface area (Å²) in [4.78, 5) is 28.9. The smallest absolute Gasteiger partial charge is 0.302 e. The number of aromatic amines is 1. The number of methoxy groups -OCH3 is 2.